The number of nitrogens with zero attached hydrogens (tertiary/aromatic N) is 4. The maximum absolute atomic E-state index is 12.2. The summed E-state index contributed by atoms with van der Waals surface area (Å²) in [6, 6.07) is 21.1. The molecule has 0 spiro atoms. The number of carbonyl (C=O) groups is 2. The Kier molecular flexibility index (Phi) is 10.9. The van der Waals surface area contributed by atoms with Crippen LogP contribution in [0.2, 0.25) is 0 Å². The molecule has 2 N–H and O–H groups in total. The largest absolute Gasteiger partial charge is 0.354 e. The van der Waals surface area contributed by atoms with Crippen LogP contribution in [0.1, 0.15) is 22.3 Å². The number of fused-ring (bicyclic) bond motifs is 2. The molecule has 0 bridgehead atoms. The van der Waals surface area contributed by atoms with E-state index in [0.29, 0.717) is 24.6 Å². The molecule has 0 saturated heterocycles. The molecule has 0 radical (unpaired) electrons. The maximum Gasteiger partial charge on any atom is 0.230 e. The van der Waals surface area contributed by atoms with Crippen molar-refractivity contribution < 1.29 is 9.59 Å². The minimum absolute atomic E-state index is 0.0550. The third-order valence-electron chi connectivity index (χ3n) is 7.38. The van der Waals surface area contributed by atoms with Crippen molar-refractivity contribution in [2.75, 3.05) is 65.9 Å². The summed E-state index contributed by atoms with van der Waals surface area (Å²) < 4.78 is 0. The Hall–Kier alpha value is -3.44. The normalized spacial score (nSPS) is 13.5. The van der Waals surface area contributed by atoms with Crippen molar-refractivity contribution in [3.05, 3.63) is 82.9 Å². The molecule has 2 aliphatic heterocycles. The van der Waals surface area contributed by atoms with E-state index < -0.39 is 0 Å². The zero-order valence-corrected chi connectivity index (χ0v) is 27.5. The number of amides is 2. The molecular formula is C34H40N6O2S2. The number of benzene rings is 3. The van der Waals surface area contributed by atoms with Crippen molar-refractivity contribution in [2.45, 2.75) is 22.6 Å². The summed E-state index contributed by atoms with van der Waals surface area (Å²) in [6.45, 7) is 2.98. The Morgan fingerprint density at radius 1 is 0.659 bits per heavy atom. The fourth-order valence-electron chi connectivity index (χ4n) is 4.96. The lowest BCUT2D eigenvalue weighted by Gasteiger charge is -2.10. The van der Waals surface area contributed by atoms with E-state index in [1.54, 1.807) is 23.5 Å². The van der Waals surface area contributed by atoms with Gasteiger partial charge in [0, 0.05) is 48.8 Å². The van der Waals surface area contributed by atoms with Crippen molar-refractivity contribution in [3.8, 4) is 0 Å². The first-order valence-electron chi connectivity index (χ1n) is 14.8. The van der Waals surface area contributed by atoms with Gasteiger partial charge in [0.2, 0.25) is 11.8 Å². The summed E-state index contributed by atoms with van der Waals surface area (Å²) in [5, 5.41) is 5.93. The molecule has 2 aliphatic rings. The summed E-state index contributed by atoms with van der Waals surface area (Å²) in [5.41, 5.74) is 8.71. The van der Waals surface area contributed by atoms with E-state index in [2.05, 4.69) is 69.0 Å². The zero-order valence-electron chi connectivity index (χ0n) is 25.9. The second-order valence-electron chi connectivity index (χ2n) is 11.5. The van der Waals surface area contributed by atoms with Crippen molar-refractivity contribution in [2.24, 2.45) is 9.98 Å². The summed E-state index contributed by atoms with van der Waals surface area (Å²) in [4.78, 5) is 40.4. The SMILES string of the molecule is CN(C)CCNC(=O)CSc1ccc2c(c1)CC(c1ccc(C3=Nc4ccc(SCC(=O)NCCN(C)C)cc4C3)cc1)=N2. The van der Waals surface area contributed by atoms with E-state index in [-0.39, 0.29) is 11.8 Å². The lowest BCUT2D eigenvalue weighted by Crippen LogP contribution is -2.32. The topological polar surface area (TPSA) is 89.4 Å². The lowest BCUT2D eigenvalue weighted by atomic mass is 10.00. The number of likely N-dealkylation sites (N-methyl/N-ethyl adjacent to an activating group) is 2. The van der Waals surface area contributed by atoms with E-state index >= 15 is 0 Å². The van der Waals surface area contributed by atoms with Gasteiger partial charge in [0.25, 0.3) is 0 Å². The third kappa shape index (κ3) is 8.81. The molecule has 0 aromatic heterocycles. The van der Waals surface area contributed by atoms with Crippen LogP contribution in [-0.2, 0) is 22.4 Å². The molecule has 3 aromatic rings. The summed E-state index contributed by atoms with van der Waals surface area (Å²) in [5.74, 6) is 0.923. The predicted molar refractivity (Wildman–Crippen MR) is 184 cm³/mol. The van der Waals surface area contributed by atoms with Crippen LogP contribution < -0.4 is 10.6 Å². The minimum Gasteiger partial charge on any atom is -0.354 e. The van der Waals surface area contributed by atoms with Crippen molar-refractivity contribution in [1.82, 2.24) is 20.4 Å². The molecule has 0 saturated carbocycles. The Bertz CT molecular complexity index is 1450. The molecule has 0 aliphatic carbocycles. The van der Waals surface area contributed by atoms with Gasteiger partial charge < -0.3 is 20.4 Å². The molecular weight excluding hydrogens is 589 g/mol. The number of hydrogen-bond acceptors (Lipinski definition) is 8. The van der Waals surface area contributed by atoms with Gasteiger partial charge in [-0.2, -0.15) is 0 Å². The van der Waals surface area contributed by atoms with Crippen LogP contribution in [0.5, 0.6) is 0 Å². The van der Waals surface area contributed by atoms with Crippen LogP contribution in [0.3, 0.4) is 0 Å². The van der Waals surface area contributed by atoms with Crippen LogP contribution >= 0.6 is 23.5 Å². The third-order valence-corrected chi connectivity index (χ3v) is 9.37. The quantitative estimate of drug-likeness (QED) is 0.254. The zero-order chi connectivity index (χ0) is 31.1. The highest BCUT2D eigenvalue weighted by Crippen LogP contribution is 2.34. The fraction of sp³-hybridized carbons (Fsp3) is 0.353. The van der Waals surface area contributed by atoms with Gasteiger partial charge >= 0.3 is 0 Å². The second-order valence-corrected chi connectivity index (χ2v) is 13.6. The fourth-order valence-corrected chi connectivity index (χ4v) is 6.54. The van der Waals surface area contributed by atoms with Crippen LogP contribution in [0, 0.1) is 0 Å². The van der Waals surface area contributed by atoms with Gasteiger partial charge in [-0.25, -0.2) is 0 Å². The first-order valence-corrected chi connectivity index (χ1v) is 16.8. The molecule has 0 unspecified atom stereocenters. The Morgan fingerprint density at radius 3 is 1.45 bits per heavy atom. The number of thioether (sulfide) groups is 2. The lowest BCUT2D eigenvalue weighted by molar-refractivity contribution is -0.119. The second kappa shape index (κ2) is 15.0. The van der Waals surface area contributed by atoms with E-state index in [1.807, 2.05) is 40.3 Å². The summed E-state index contributed by atoms with van der Waals surface area (Å²) in [7, 11) is 7.98. The van der Waals surface area contributed by atoms with Crippen LogP contribution in [0.4, 0.5) is 11.4 Å². The van der Waals surface area contributed by atoms with Crippen LogP contribution in [0.25, 0.3) is 0 Å². The Balaban J connectivity index is 1.12. The number of nitrogens with one attached hydrogen (secondary N) is 2. The summed E-state index contributed by atoms with van der Waals surface area (Å²) in [6.07, 6.45) is 1.55. The number of aliphatic imine (C=N–C) groups is 2. The molecule has 2 heterocycles. The van der Waals surface area contributed by atoms with Gasteiger partial charge in [0.05, 0.1) is 34.3 Å². The smallest absolute Gasteiger partial charge is 0.230 e. The summed E-state index contributed by atoms with van der Waals surface area (Å²) >= 11 is 3.12. The average molecular weight is 629 g/mol. The first-order chi connectivity index (χ1) is 21.2. The van der Waals surface area contributed by atoms with Gasteiger partial charge in [0.1, 0.15) is 0 Å². The molecule has 0 atom stereocenters. The highest BCUT2D eigenvalue weighted by atomic mass is 32.2. The first kappa shape index (κ1) is 32.0. The van der Waals surface area contributed by atoms with E-state index in [1.165, 1.54) is 11.1 Å². The molecule has 230 valence electrons. The molecule has 2 amide bonds. The highest BCUT2D eigenvalue weighted by molar-refractivity contribution is 8.00. The maximum atomic E-state index is 12.2. The monoisotopic (exact) mass is 628 g/mol. The van der Waals surface area contributed by atoms with Gasteiger partial charge in [-0.15, -0.1) is 23.5 Å². The molecule has 5 rings (SSSR count). The minimum atomic E-state index is 0.0550. The van der Waals surface area contributed by atoms with Crippen LogP contribution in [0.15, 0.2) is 80.4 Å². The van der Waals surface area contributed by atoms with Crippen molar-refractivity contribution >= 4 is 58.1 Å². The Labute approximate surface area is 268 Å². The van der Waals surface area contributed by atoms with Crippen LogP contribution in [-0.4, -0.2) is 98.9 Å². The predicted octanol–water partition coefficient (Wildman–Crippen LogP) is 4.58. The number of carbonyl (C=O) groups excluding carboxylic acids is 2. The number of rotatable bonds is 14. The molecule has 8 nitrogen and oxygen atoms in total. The highest BCUT2D eigenvalue weighted by Gasteiger charge is 2.20. The standard InChI is InChI=1S/C34H40N6O2S2/c1-39(2)15-13-35-33(41)21-43-27-9-11-29-25(17-27)19-31(37-29)23-5-7-24(8-6-23)32-20-26-18-28(10-12-30(26)38-32)44-22-34(42)36-14-16-40(3)4/h5-12,17-18H,13-16,19-22H2,1-4H3,(H,35,41)(H,36,42). The van der Waals surface area contributed by atoms with E-state index in [4.69, 9.17) is 9.98 Å². The van der Waals surface area contributed by atoms with Gasteiger partial charge in [-0.3, -0.25) is 19.6 Å². The molecule has 10 heteroatoms. The Morgan fingerprint density at radius 2 is 1.07 bits per heavy atom. The van der Waals surface area contributed by atoms with Gasteiger partial charge in [-0.1, -0.05) is 24.3 Å². The van der Waals surface area contributed by atoms with Crippen molar-refractivity contribution in [1.29, 1.82) is 0 Å². The van der Waals surface area contributed by atoms with Gasteiger partial charge in [-0.05, 0) is 86.8 Å². The molecule has 3 aromatic carbocycles. The van der Waals surface area contributed by atoms with E-state index in [0.717, 1.165) is 69.6 Å². The average Bonchev–Trinajstić information content (AvgIpc) is 3.62. The molecule has 0 fully saturated rings. The molecule has 44 heavy (non-hydrogen) atoms. The van der Waals surface area contributed by atoms with Gasteiger partial charge in [0.15, 0.2) is 0 Å². The number of hydrogen-bond donors (Lipinski definition) is 2. The van der Waals surface area contributed by atoms with E-state index in [9.17, 15) is 9.59 Å². The van der Waals surface area contributed by atoms with Crippen molar-refractivity contribution in [3.63, 3.8) is 0 Å².